The zero-order valence-corrected chi connectivity index (χ0v) is 16.3. The Kier molecular flexibility index (Phi) is 7.74. The lowest BCUT2D eigenvalue weighted by atomic mass is 10.2. The molecule has 0 spiro atoms. The van der Waals surface area contributed by atoms with Gasteiger partial charge in [-0.1, -0.05) is 25.0 Å². The van der Waals surface area contributed by atoms with Crippen LogP contribution >= 0.6 is 0 Å². The number of nitrogens with zero attached hydrogens (tertiary/aromatic N) is 3. The molecule has 0 aromatic heterocycles. The lowest BCUT2D eigenvalue weighted by Gasteiger charge is -2.32. The summed E-state index contributed by atoms with van der Waals surface area (Å²) in [5.74, 6) is 0.867. The SMILES string of the molecule is CN1CCN(Cc2cccc(OC[C@H](O)CN3CCCCCC3)c2)CC1. The summed E-state index contributed by atoms with van der Waals surface area (Å²) in [5.41, 5.74) is 1.29. The lowest BCUT2D eigenvalue weighted by Crippen LogP contribution is -2.43. The molecule has 5 heteroatoms. The van der Waals surface area contributed by atoms with Crippen molar-refractivity contribution in [1.82, 2.24) is 14.7 Å². The summed E-state index contributed by atoms with van der Waals surface area (Å²) in [5, 5.41) is 10.3. The Morgan fingerprint density at radius 1 is 0.962 bits per heavy atom. The van der Waals surface area contributed by atoms with E-state index in [0.717, 1.165) is 58.1 Å². The summed E-state index contributed by atoms with van der Waals surface area (Å²) in [6, 6.07) is 8.34. The maximum atomic E-state index is 10.3. The summed E-state index contributed by atoms with van der Waals surface area (Å²) in [6.07, 6.45) is 4.73. The molecular formula is C21H35N3O2. The number of benzene rings is 1. The minimum absolute atomic E-state index is 0.370. The number of hydrogen-bond acceptors (Lipinski definition) is 5. The van der Waals surface area contributed by atoms with Crippen LogP contribution < -0.4 is 4.74 Å². The van der Waals surface area contributed by atoms with Crippen LogP contribution in [0.15, 0.2) is 24.3 Å². The van der Waals surface area contributed by atoms with Crippen LogP contribution in [0.1, 0.15) is 31.2 Å². The van der Waals surface area contributed by atoms with Crippen molar-refractivity contribution in [3.63, 3.8) is 0 Å². The van der Waals surface area contributed by atoms with Gasteiger partial charge in [-0.3, -0.25) is 4.90 Å². The van der Waals surface area contributed by atoms with Crippen molar-refractivity contribution in [3.8, 4) is 5.75 Å². The smallest absolute Gasteiger partial charge is 0.119 e. The number of aliphatic hydroxyl groups excluding tert-OH is 1. The van der Waals surface area contributed by atoms with Gasteiger partial charge in [-0.25, -0.2) is 0 Å². The van der Waals surface area contributed by atoms with Crippen molar-refractivity contribution in [3.05, 3.63) is 29.8 Å². The molecule has 2 aliphatic heterocycles. The van der Waals surface area contributed by atoms with E-state index in [0.29, 0.717) is 6.61 Å². The number of aliphatic hydroxyl groups is 1. The fraction of sp³-hybridized carbons (Fsp3) is 0.714. The molecule has 0 unspecified atom stereocenters. The molecule has 3 rings (SSSR count). The summed E-state index contributed by atoms with van der Waals surface area (Å²) in [4.78, 5) is 7.25. The van der Waals surface area contributed by atoms with Gasteiger partial charge >= 0.3 is 0 Å². The van der Waals surface area contributed by atoms with Gasteiger partial charge in [0, 0.05) is 39.3 Å². The van der Waals surface area contributed by atoms with E-state index >= 15 is 0 Å². The van der Waals surface area contributed by atoms with E-state index in [1.807, 2.05) is 6.07 Å². The number of hydrogen-bond donors (Lipinski definition) is 1. The highest BCUT2D eigenvalue weighted by Crippen LogP contribution is 2.16. The van der Waals surface area contributed by atoms with Crippen LogP contribution in [0.3, 0.4) is 0 Å². The Morgan fingerprint density at radius 2 is 1.69 bits per heavy atom. The predicted octanol–water partition coefficient (Wildman–Crippen LogP) is 2.05. The molecule has 0 bridgehead atoms. The van der Waals surface area contributed by atoms with E-state index in [4.69, 9.17) is 4.74 Å². The molecule has 1 aromatic carbocycles. The largest absolute Gasteiger partial charge is 0.491 e. The fourth-order valence-corrected chi connectivity index (χ4v) is 3.86. The molecule has 2 saturated heterocycles. The quantitative estimate of drug-likeness (QED) is 0.805. The molecule has 26 heavy (non-hydrogen) atoms. The molecule has 0 amide bonds. The second-order valence-corrected chi connectivity index (χ2v) is 7.91. The van der Waals surface area contributed by atoms with E-state index in [2.05, 4.69) is 39.9 Å². The molecule has 1 N–H and O–H groups in total. The summed E-state index contributed by atoms with van der Waals surface area (Å²) < 4.78 is 5.88. The van der Waals surface area contributed by atoms with Crippen molar-refractivity contribution >= 4 is 0 Å². The standard InChI is InChI=1S/C21H35N3O2/c1-22-11-13-24(14-12-22)16-19-7-6-8-21(15-19)26-18-20(25)17-23-9-4-2-3-5-10-23/h6-8,15,20,25H,2-5,9-14,16-18H2,1H3/t20-/m1/s1. The van der Waals surface area contributed by atoms with Gasteiger partial charge in [0.25, 0.3) is 0 Å². The molecule has 2 fully saturated rings. The van der Waals surface area contributed by atoms with E-state index < -0.39 is 6.10 Å². The van der Waals surface area contributed by atoms with Gasteiger partial charge in [0.15, 0.2) is 0 Å². The number of piperazine rings is 1. The summed E-state index contributed by atoms with van der Waals surface area (Å²) in [7, 11) is 2.18. The molecule has 2 aliphatic rings. The first kappa shape index (κ1) is 19.6. The highest BCUT2D eigenvalue weighted by molar-refractivity contribution is 5.28. The zero-order chi connectivity index (χ0) is 18.2. The zero-order valence-electron chi connectivity index (χ0n) is 16.3. The van der Waals surface area contributed by atoms with Crippen LogP contribution in [-0.4, -0.2) is 85.4 Å². The first-order chi connectivity index (χ1) is 12.7. The molecule has 0 aliphatic carbocycles. The van der Waals surface area contributed by atoms with Crippen molar-refractivity contribution in [2.24, 2.45) is 0 Å². The third-order valence-corrected chi connectivity index (χ3v) is 5.51. The molecule has 1 atom stereocenters. The molecule has 1 aromatic rings. The van der Waals surface area contributed by atoms with E-state index in [9.17, 15) is 5.11 Å². The van der Waals surface area contributed by atoms with Gasteiger partial charge in [0.2, 0.25) is 0 Å². The molecule has 5 nitrogen and oxygen atoms in total. The van der Waals surface area contributed by atoms with Crippen molar-refractivity contribution < 1.29 is 9.84 Å². The van der Waals surface area contributed by atoms with Crippen LogP contribution in [0.2, 0.25) is 0 Å². The van der Waals surface area contributed by atoms with E-state index in [-0.39, 0.29) is 0 Å². The number of ether oxygens (including phenoxy) is 1. The minimum Gasteiger partial charge on any atom is -0.491 e. The topological polar surface area (TPSA) is 39.2 Å². The molecular weight excluding hydrogens is 326 g/mol. The summed E-state index contributed by atoms with van der Waals surface area (Å²) >= 11 is 0. The normalized spacial score (nSPS) is 22.1. The average Bonchev–Trinajstić information content (AvgIpc) is 2.91. The van der Waals surface area contributed by atoms with Crippen LogP contribution in [-0.2, 0) is 6.54 Å². The number of likely N-dealkylation sites (N-methyl/N-ethyl adjacent to an activating group) is 1. The van der Waals surface area contributed by atoms with Crippen molar-refractivity contribution in [1.29, 1.82) is 0 Å². The van der Waals surface area contributed by atoms with Gasteiger partial charge < -0.3 is 19.6 Å². The Hall–Kier alpha value is -1.14. The molecule has 2 heterocycles. The summed E-state index contributed by atoms with van der Waals surface area (Å²) in [6.45, 7) is 8.80. The number of rotatable bonds is 7. The Balaban J connectivity index is 1.42. The Bertz CT molecular complexity index is 524. The predicted molar refractivity (Wildman–Crippen MR) is 106 cm³/mol. The van der Waals surface area contributed by atoms with Crippen LogP contribution in [0.25, 0.3) is 0 Å². The van der Waals surface area contributed by atoms with Gasteiger partial charge in [-0.05, 0) is 50.7 Å². The highest BCUT2D eigenvalue weighted by atomic mass is 16.5. The average molecular weight is 362 g/mol. The maximum Gasteiger partial charge on any atom is 0.119 e. The first-order valence-corrected chi connectivity index (χ1v) is 10.2. The molecule has 0 radical (unpaired) electrons. The van der Waals surface area contributed by atoms with Gasteiger partial charge in [-0.15, -0.1) is 0 Å². The van der Waals surface area contributed by atoms with Gasteiger partial charge in [0.1, 0.15) is 18.5 Å². The van der Waals surface area contributed by atoms with Gasteiger partial charge in [0.05, 0.1) is 0 Å². The third kappa shape index (κ3) is 6.54. The molecule has 146 valence electrons. The Labute approximate surface area is 158 Å². The van der Waals surface area contributed by atoms with Crippen molar-refractivity contribution in [2.75, 3.05) is 59.5 Å². The molecule has 0 saturated carbocycles. The Morgan fingerprint density at radius 3 is 2.42 bits per heavy atom. The minimum atomic E-state index is -0.422. The van der Waals surface area contributed by atoms with E-state index in [1.165, 1.54) is 31.2 Å². The van der Waals surface area contributed by atoms with Crippen molar-refractivity contribution in [2.45, 2.75) is 38.3 Å². The first-order valence-electron chi connectivity index (χ1n) is 10.2. The number of β-amino-alcohol motifs (C(OH)–C–C–N with tert-alkyl or cyclic N) is 1. The van der Waals surface area contributed by atoms with E-state index in [1.54, 1.807) is 0 Å². The maximum absolute atomic E-state index is 10.3. The van der Waals surface area contributed by atoms with Crippen LogP contribution in [0.4, 0.5) is 0 Å². The third-order valence-electron chi connectivity index (χ3n) is 5.51. The monoisotopic (exact) mass is 361 g/mol. The second-order valence-electron chi connectivity index (χ2n) is 7.91. The lowest BCUT2D eigenvalue weighted by molar-refractivity contribution is 0.0693. The fourth-order valence-electron chi connectivity index (χ4n) is 3.86. The highest BCUT2D eigenvalue weighted by Gasteiger charge is 2.16. The second kappa shape index (κ2) is 10.3. The van der Waals surface area contributed by atoms with Crippen LogP contribution in [0.5, 0.6) is 5.75 Å². The van der Waals surface area contributed by atoms with Crippen LogP contribution in [0, 0.1) is 0 Å². The number of likely N-dealkylation sites (tertiary alicyclic amines) is 1. The van der Waals surface area contributed by atoms with Gasteiger partial charge in [-0.2, -0.15) is 0 Å².